The van der Waals surface area contributed by atoms with Crippen LogP contribution in [0.15, 0.2) is 18.2 Å². The van der Waals surface area contributed by atoms with Crippen molar-refractivity contribution in [3.05, 3.63) is 29.6 Å². The molecule has 0 unspecified atom stereocenters. The Morgan fingerprint density at radius 1 is 1.56 bits per heavy atom. The van der Waals surface area contributed by atoms with Crippen molar-refractivity contribution in [1.29, 1.82) is 5.26 Å². The van der Waals surface area contributed by atoms with Gasteiger partial charge in [0.25, 0.3) is 0 Å². The van der Waals surface area contributed by atoms with Crippen LogP contribution >= 0.6 is 0 Å². The van der Waals surface area contributed by atoms with Crippen molar-refractivity contribution in [1.82, 2.24) is 0 Å². The zero-order valence-electron chi connectivity index (χ0n) is 8.35. The van der Waals surface area contributed by atoms with Crippen molar-refractivity contribution >= 4 is 11.7 Å². The van der Waals surface area contributed by atoms with Gasteiger partial charge in [0.1, 0.15) is 11.9 Å². The number of carbonyl (C=O) groups is 1. The fraction of sp³-hybridized carbons (Fsp3) is 0.273. The topological polar surface area (TPSA) is 64.3 Å². The van der Waals surface area contributed by atoms with Crippen molar-refractivity contribution in [2.24, 2.45) is 5.92 Å². The minimum atomic E-state index is -0.836. The van der Waals surface area contributed by atoms with E-state index in [0.29, 0.717) is 18.8 Å². The highest BCUT2D eigenvalue weighted by Crippen LogP contribution is 2.28. The van der Waals surface area contributed by atoms with Gasteiger partial charge in [-0.25, -0.2) is 4.39 Å². The molecule has 1 N–H and O–H groups in total. The van der Waals surface area contributed by atoms with Crippen LogP contribution in [-0.4, -0.2) is 24.2 Å². The molecule has 0 amide bonds. The maximum absolute atomic E-state index is 12.9. The molecular weight excluding hydrogens is 211 g/mol. The highest BCUT2D eigenvalue weighted by atomic mass is 19.1. The van der Waals surface area contributed by atoms with Gasteiger partial charge in [0, 0.05) is 13.1 Å². The second-order valence-electron chi connectivity index (χ2n) is 3.71. The summed E-state index contributed by atoms with van der Waals surface area (Å²) in [7, 11) is 0. The van der Waals surface area contributed by atoms with E-state index in [1.54, 1.807) is 4.90 Å². The Bertz CT molecular complexity index is 475. The lowest BCUT2D eigenvalue weighted by atomic mass is 9.98. The van der Waals surface area contributed by atoms with Crippen LogP contribution < -0.4 is 4.90 Å². The van der Waals surface area contributed by atoms with Gasteiger partial charge in [-0.2, -0.15) is 5.26 Å². The van der Waals surface area contributed by atoms with Crippen molar-refractivity contribution in [3.8, 4) is 6.07 Å². The molecule has 0 atom stereocenters. The summed E-state index contributed by atoms with van der Waals surface area (Å²) in [5.74, 6) is -1.69. The number of carboxylic acids is 1. The van der Waals surface area contributed by atoms with Crippen molar-refractivity contribution in [2.45, 2.75) is 0 Å². The molecule has 1 saturated heterocycles. The Kier molecular flexibility index (Phi) is 2.49. The molecule has 82 valence electrons. The highest BCUT2D eigenvalue weighted by Gasteiger charge is 2.33. The first kappa shape index (κ1) is 10.4. The summed E-state index contributed by atoms with van der Waals surface area (Å²) >= 11 is 0. The average Bonchev–Trinajstić information content (AvgIpc) is 2.17. The Balaban J connectivity index is 2.18. The molecule has 0 aromatic heterocycles. The molecule has 1 aliphatic rings. The Hall–Kier alpha value is -2.09. The molecule has 4 nitrogen and oxygen atoms in total. The quantitative estimate of drug-likeness (QED) is 0.813. The lowest BCUT2D eigenvalue weighted by molar-refractivity contribution is -0.142. The van der Waals surface area contributed by atoms with E-state index in [2.05, 4.69) is 0 Å². The van der Waals surface area contributed by atoms with E-state index in [1.165, 1.54) is 12.1 Å². The van der Waals surface area contributed by atoms with Gasteiger partial charge in [-0.15, -0.1) is 0 Å². The third kappa shape index (κ3) is 1.70. The van der Waals surface area contributed by atoms with Gasteiger partial charge in [0.15, 0.2) is 0 Å². The van der Waals surface area contributed by atoms with Gasteiger partial charge in [-0.05, 0) is 18.2 Å². The molecule has 2 rings (SSSR count). The zero-order chi connectivity index (χ0) is 11.7. The van der Waals surface area contributed by atoms with Crippen molar-refractivity contribution in [2.75, 3.05) is 18.0 Å². The van der Waals surface area contributed by atoms with Gasteiger partial charge in [-0.3, -0.25) is 4.79 Å². The van der Waals surface area contributed by atoms with Crippen LogP contribution in [0.5, 0.6) is 0 Å². The Morgan fingerprint density at radius 2 is 2.25 bits per heavy atom. The number of anilines is 1. The largest absolute Gasteiger partial charge is 0.481 e. The van der Waals surface area contributed by atoms with E-state index in [0.717, 1.165) is 6.07 Å². The standard InChI is InChI=1S/C11H9FN2O2/c12-9-1-2-10(7(3-9)4-13)14-5-8(6-14)11(15)16/h1-3,8H,5-6H2,(H,15,16). The molecule has 0 aliphatic carbocycles. The van der Waals surface area contributed by atoms with Crippen molar-refractivity contribution in [3.63, 3.8) is 0 Å². The first-order valence-corrected chi connectivity index (χ1v) is 4.79. The van der Waals surface area contributed by atoms with E-state index in [4.69, 9.17) is 10.4 Å². The second kappa shape index (κ2) is 3.81. The average molecular weight is 220 g/mol. The molecule has 16 heavy (non-hydrogen) atoms. The van der Waals surface area contributed by atoms with E-state index in [1.807, 2.05) is 6.07 Å². The summed E-state index contributed by atoms with van der Waals surface area (Å²) in [5, 5.41) is 17.5. The lowest BCUT2D eigenvalue weighted by Gasteiger charge is -2.38. The van der Waals surface area contributed by atoms with E-state index >= 15 is 0 Å². The highest BCUT2D eigenvalue weighted by molar-refractivity contribution is 5.75. The first-order chi connectivity index (χ1) is 7.61. The predicted octanol–water partition coefficient (Wildman–Crippen LogP) is 1.22. The third-order valence-corrected chi connectivity index (χ3v) is 2.65. The number of hydrogen-bond donors (Lipinski definition) is 1. The number of halogens is 1. The summed E-state index contributed by atoms with van der Waals surface area (Å²) in [6.07, 6.45) is 0. The van der Waals surface area contributed by atoms with E-state index in [-0.39, 0.29) is 5.56 Å². The minimum absolute atomic E-state index is 0.240. The van der Waals surface area contributed by atoms with E-state index in [9.17, 15) is 9.18 Å². The molecule has 0 saturated carbocycles. The van der Waals surface area contributed by atoms with Crippen LogP contribution in [0.1, 0.15) is 5.56 Å². The van der Waals surface area contributed by atoms with Gasteiger partial charge < -0.3 is 10.0 Å². The summed E-state index contributed by atoms with van der Waals surface area (Å²) in [6, 6.07) is 5.83. The molecule has 1 fully saturated rings. The van der Waals surface area contributed by atoms with Crippen LogP contribution in [0.3, 0.4) is 0 Å². The molecule has 0 radical (unpaired) electrons. The Morgan fingerprint density at radius 3 is 2.81 bits per heavy atom. The lowest BCUT2D eigenvalue weighted by Crippen LogP contribution is -2.50. The normalized spacial score (nSPS) is 15.4. The zero-order valence-corrected chi connectivity index (χ0v) is 8.35. The molecule has 1 heterocycles. The third-order valence-electron chi connectivity index (χ3n) is 2.65. The summed E-state index contributed by atoms with van der Waals surface area (Å²) in [5.41, 5.74) is 0.838. The number of hydrogen-bond acceptors (Lipinski definition) is 3. The molecule has 1 aliphatic heterocycles. The summed E-state index contributed by atoms with van der Waals surface area (Å²) in [4.78, 5) is 12.4. The molecular formula is C11H9FN2O2. The number of carboxylic acid groups (broad SMARTS) is 1. The van der Waals surface area contributed by atoms with Gasteiger partial charge in [0.2, 0.25) is 0 Å². The fourth-order valence-corrected chi connectivity index (χ4v) is 1.71. The van der Waals surface area contributed by atoms with Crippen LogP contribution in [0.4, 0.5) is 10.1 Å². The number of aliphatic carboxylic acids is 1. The van der Waals surface area contributed by atoms with Gasteiger partial charge in [0.05, 0.1) is 17.2 Å². The molecule has 0 bridgehead atoms. The monoisotopic (exact) mass is 220 g/mol. The number of benzene rings is 1. The number of nitriles is 1. The maximum Gasteiger partial charge on any atom is 0.310 e. The Labute approximate surface area is 91.5 Å². The van der Waals surface area contributed by atoms with Crippen LogP contribution in [0.25, 0.3) is 0 Å². The predicted molar refractivity (Wildman–Crippen MR) is 54.5 cm³/mol. The van der Waals surface area contributed by atoms with Crippen LogP contribution in [0, 0.1) is 23.1 Å². The number of rotatable bonds is 2. The second-order valence-corrected chi connectivity index (χ2v) is 3.71. The molecule has 1 aromatic rings. The molecule has 1 aromatic carbocycles. The fourth-order valence-electron chi connectivity index (χ4n) is 1.71. The summed E-state index contributed by atoms with van der Waals surface area (Å²) < 4.78 is 12.9. The number of nitrogens with zero attached hydrogens (tertiary/aromatic N) is 2. The molecule has 0 spiro atoms. The maximum atomic E-state index is 12.9. The SMILES string of the molecule is N#Cc1cc(F)ccc1N1CC(C(=O)O)C1. The van der Waals surface area contributed by atoms with Gasteiger partial charge >= 0.3 is 5.97 Å². The van der Waals surface area contributed by atoms with Crippen molar-refractivity contribution < 1.29 is 14.3 Å². The summed E-state index contributed by atoms with van der Waals surface area (Å²) in [6.45, 7) is 0.741. The van der Waals surface area contributed by atoms with Gasteiger partial charge in [-0.1, -0.05) is 0 Å². The first-order valence-electron chi connectivity index (χ1n) is 4.79. The van der Waals surface area contributed by atoms with E-state index < -0.39 is 17.7 Å². The van der Waals surface area contributed by atoms with Crippen LogP contribution in [0.2, 0.25) is 0 Å². The molecule has 5 heteroatoms. The smallest absolute Gasteiger partial charge is 0.310 e. The minimum Gasteiger partial charge on any atom is -0.481 e. The van der Waals surface area contributed by atoms with Crippen LogP contribution in [-0.2, 0) is 4.79 Å².